The highest BCUT2D eigenvalue weighted by Crippen LogP contribution is 2.35. The zero-order valence-electron chi connectivity index (χ0n) is 17.1. The summed E-state index contributed by atoms with van der Waals surface area (Å²) in [6, 6.07) is 15.4. The van der Waals surface area contributed by atoms with Crippen molar-refractivity contribution in [2.45, 2.75) is 58.0 Å². The van der Waals surface area contributed by atoms with Crippen LogP contribution in [0, 0.1) is 13.8 Å². The predicted molar refractivity (Wildman–Crippen MR) is 115 cm³/mol. The highest BCUT2D eigenvalue weighted by molar-refractivity contribution is 5.96. The molecule has 1 fully saturated rings. The molecule has 4 nitrogen and oxygen atoms in total. The Morgan fingerprint density at radius 1 is 1.03 bits per heavy atom. The summed E-state index contributed by atoms with van der Waals surface area (Å²) >= 11 is 0. The number of nitrogens with one attached hydrogen (secondary N) is 1. The van der Waals surface area contributed by atoms with Crippen LogP contribution in [0.15, 0.2) is 48.7 Å². The molecule has 1 heterocycles. The molecule has 1 N–H and O–H groups in total. The van der Waals surface area contributed by atoms with E-state index in [1.54, 1.807) is 0 Å². The second-order valence-electron chi connectivity index (χ2n) is 8.61. The molecule has 0 radical (unpaired) electrons. The molecule has 3 aromatic rings. The second kappa shape index (κ2) is 7.18. The highest BCUT2D eigenvalue weighted by atomic mass is 16.2. The van der Waals surface area contributed by atoms with Crippen LogP contribution < -0.4 is 0 Å². The molecule has 2 aromatic carbocycles. The van der Waals surface area contributed by atoms with Gasteiger partial charge in [-0.05, 0) is 80.3 Å². The topological polar surface area (TPSA) is 49.0 Å². The van der Waals surface area contributed by atoms with Crippen molar-refractivity contribution < 1.29 is 4.79 Å². The smallest absolute Gasteiger partial charge is 0.254 e. The lowest BCUT2D eigenvalue weighted by Crippen LogP contribution is -2.44. The summed E-state index contributed by atoms with van der Waals surface area (Å²) in [7, 11) is 0. The van der Waals surface area contributed by atoms with Crippen molar-refractivity contribution in [2.24, 2.45) is 0 Å². The Hall–Kier alpha value is -2.88. The minimum Gasteiger partial charge on any atom is -0.332 e. The largest absolute Gasteiger partial charge is 0.332 e. The van der Waals surface area contributed by atoms with E-state index < -0.39 is 0 Å². The monoisotopic (exact) mass is 385 g/mol. The molecule has 0 saturated heterocycles. The van der Waals surface area contributed by atoms with Crippen molar-refractivity contribution in [1.29, 1.82) is 0 Å². The van der Waals surface area contributed by atoms with Gasteiger partial charge in [0.1, 0.15) is 0 Å². The number of hydrogen-bond acceptors (Lipinski definition) is 2. The Kier molecular flexibility index (Phi) is 4.50. The Morgan fingerprint density at radius 2 is 1.83 bits per heavy atom. The van der Waals surface area contributed by atoms with E-state index in [0.29, 0.717) is 6.04 Å². The van der Waals surface area contributed by atoms with Gasteiger partial charge in [0.2, 0.25) is 0 Å². The van der Waals surface area contributed by atoms with Gasteiger partial charge in [0.15, 0.2) is 0 Å². The number of carbonyl (C=O) groups excluding carboxylic acids is 1. The van der Waals surface area contributed by atoms with E-state index in [-0.39, 0.29) is 11.9 Å². The maximum Gasteiger partial charge on any atom is 0.254 e. The summed E-state index contributed by atoms with van der Waals surface area (Å²) in [5, 5.41) is 7.29. The van der Waals surface area contributed by atoms with Crippen LogP contribution >= 0.6 is 0 Å². The fourth-order valence-electron chi connectivity index (χ4n) is 4.62. The fourth-order valence-corrected chi connectivity index (χ4v) is 4.62. The quantitative estimate of drug-likeness (QED) is 0.697. The number of benzene rings is 2. The van der Waals surface area contributed by atoms with E-state index >= 15 is 0 Å². The number of H-pyrrole nitrogens is 1. The molecule has 29 heavy (non-hydrogen) atoms. The number of hydrogen-bond donors (Lipinski definition) is 1. The number of amides is 1. The van der Waals surface area contributed by atoms with Gasteiger partial charge in [-0.1, -0.05) is 35.9 Å². The standard InChI is InChI=1S/C25H27N3O/c1-16-3-5-18(6-4-16)23-11-7-19(13-17(23)2)25(29)28(21-8-9-21)22-10-12-24-20(14-22)15-26-27-24/h3-7,11,13,15,21-22H,8-10,12,14H2,1-2H3,(H,26,27). The molecule has 1 unspecified atom stereocenters. The predicted octanol–water partition coefficient (Wildman–Crippen LogP) is 4.86. The Balaban J connectivity index is 1.41. The van der Waals surface area contributed by atoms with Gasteiger partial charge in [-0.15, -0.1) is 0 Å². The van der Waals surface area contributed by atoms with E-state index in [9.17, 15) is 4.79 Å². The van der Waals surface area contributed by atoms with Crippen LogP contribution in [0.25, 0.3) is 11.1 Å². The third-order valence-corrected chi connectivity index (χ3v) is 6.39. The van der Waals surface area contributed by atoms with Crippen molar-refractivity contribution in [2.75, 3.05) is 0 Å². The summed E-state index contributed by atoms with van der Waals surface area (Å²) in [6.07, 6.45) is 7.08. The normalized spacial score (nSPS) is 18.3. The van der Waals surface area contributed by atoms with Crippen molar-refractivity contribution in [1.82, 2.24) is 15.1 Å². The number of aromatic amines is 1. The number of carbonyl (C=O) groups is 1. The van der Waals surface area contributed by atoms with Gasteiger partial charge >= 0.3 is 0 Å². The van der Waals surface area contributed by atoms with E-state index in [0.717, 1.165) is 43.2 Å². The molecule has 5 rings (SSSR count). The van der Waals surface area contributed by atoms with Gasteiger partial charge in [-0.2, -0.15) is 5.10 Å². The van der Waals surface area contributed by atoms with Gasteiger partial charge in [0.25, 0.3) is 5.91 Å². The summed E-state index contributed by atoms with van der Waals surface area (Å²) in [5.41, 5.74) is 8.12. The summed E-state index contributed by atoms with van der Waals surface area (Å²) in [5.74, 6) is 0.183. The molecule has 1 aromatic heterocycles. The lowest BCUT2D eigenvalue weighted by atomic mass is 9.91. The first-order valence-corrected chi connectivity index (χ1v) is 10.6. The molecular formula is C25H27N3O. The zero-order chi connectivity index (χ0) is 20.0. The van der Waals surface area contributed by atoms with Gasteiger partial charge in [-0.25, -0.2) is 0 Å². The summed E-state index contributed by atoms with van der Waals surface area (Å²) in [4.78, 5) is 15.7. The van der Waals surface area contributed by atoms with Crippen LogP contribution in [0.3, 0.4) is 0 Å². The Bertz CT molecular complexity index is 1050. The summed E-state index contributed by atoms with van der Waals surface area (Å²) in [6.45, 7) is 4.20. The number of aryl methyl sites for hydroxylation is 3. The first-order chi connectivity index (χ1) is 14.1. The Morgan fingerprint density at radius 3 is 2.55 bits per heavy atom. The lowest BCUT2D eigenvalue weighted by molar-refractivity contribution is 0.0642. The molecule has 0 bridgehead atoms. The molecule has 2 aliphatic rings. The number of nitrogens with zero attached hydrogens (tertiary/aromatic N) is 2. The van der Waals surface area contributed by atoms with E-state index in [1.165, 1.54) is 27.9 Å². The summed E-state index contributed by atoms with van der Waals surface area (Å²) < 4.78 is 0. The molecule has 148 valence electrons. The van der Waals surface area contributed by atoms with Crippen LogP contribution in [0.2, 0.25) is 0 Å². The fraction of sp³-hybridized carbons (Fsp3) is 0.360. The highest BCUT2D eigenvalue weighted by Gasteiger charge is 2.39. The van der Waals surface area contributed by atoms with Crippen molar-refractivity contribution in [3.05, 3.63) is 76.6 Å². The third-order valence-electron chi connectivity index (χ3n) is 6.39. The van der Waals surface area contributed by atoms with Crippen LogP contribution in [-0.4, -0.2) is 33.1 Å². The van der Waals surface area contributed by atoms with Gasteiger partial charge in [0.05, 0.1) is 6.20 Å². The maximum absolute atomic E-state index is 13.5. The van der Waals surface area contributed by atoms with Crippen molar-refractivity contribution in [3.8, 4) is 11.1 Å². The molecule has 0 spiro atoms. The van der Waals surface area contributed by atoms with Gasteiger partial charge in [0, 0.05) is 23.3 Å². The average Bonchev–Trinajstić information content (AvgIpc) is 3.44. The SMILES string of the molecule is Cc1ccc(-c2ccc(C(=O)N(C3CC3)C3CCc4[nH]ncc4C3)cc2C)cc1. The molecular weight excluding hydrogens is 358 g/mol. The molecule has 1 saturated carbocycles. The van der Waals surface area contributed by atoms with Crippen LogP contribution in [0.1, 0.15) is 52.0 Å². The van der Waals surface area contributed by atoms with Crippen LogP contribution in [0.5, 0.6) is 0 Å². The molecule has 4 heteroatoms. The minimum absolute atomic E-state index is 0.183. The van der Waals surface area contributed by atoms with E-state index in [2.05, 4.69) is 65.3 Å². The van der Waals surface area contributed by atoms with Gasteiger partial charge in [-0.3, -0.25) is 9.89 Å². The number of rotatable bonds is 4. The molecule has 0 aliphatic heterocycles. The van der Waals surface area contributed by atoms with E-state index in [4.69, 9.17) is 0 Å². The van der Waals surface area contributed by atoms with Crippen molar-refractivity contribution >= 4 is 5.91 Å². The molecule has 1 atom stereocenters. The maximum atomic E-state index is 13.5. The molecule has 1 amide bonds. The first-order valence-electron chi connectivity index (χ1n) is 10.6. The Labute approximate surface area is 172 Å². The van der Waals surface area contributed by atoms with Crippen LogP contribution in [-0.2, 0) is 12.8 Å². The third kappa shape index (κ3) is 3.48. The van der Waals surface area contributed by atoms with Crippen molar-refractivity contribution in [3.63, 3.8) is 0 Å². The average molecular weight is 386 g/mol. The van der Waals surface area contributed by atoms with Gasteiger partial charge < -0.3 is 4.90 Å². The number of fused-ring (bicyclic) bond motifs is 1. The number of aromatic nitrogens is 2. The lowest BCUT2D eigenvalue weighted by Gasteiger charge is -2.34. The minimum atomic E-state index is 0.183. The zero-order valence-corrected chi connectivity index (χ0v) is 17.1. The molecule has 2 aliphatic carbocycles. The van der Waals surface area contributed by atoms with E-state index in [1.807, 2.05) is 12.3 Å². The second-order valence-corrected chi connectivity index (χ2v) is 8.61. The first kappa shape index (κ1) is 18.2. The van der Waals surface area contributed by atoms with Crippen LogP contribution in [0.4, 0.5) is 0 Å².